The van der Waals surface area contributed by atoms with E-state index in [1.54, 1.807) is 13.0 Å². The van der Waals surface area contributed by atoms with Crippen LogP contribution in [0.1, 0.15) is 16.2 Å². The predicted octanol–water partition coefficient (Wildman–Crippen LogP) is 0.185. The largest absolute Gasteiger partial charge is 0.383 e. The standard InChI is InChI=1S/C8H9N5O/c1-5-2-7(9)13(12-5)8(14)6-3-10-4-11-6/h2-4H,9H2,1H3,(H,10,11). The topological polar surface area (TPSA) is 89.6 Å². The van der Waals surface area contributed by atoms with Crippen molar-refractivity contribution < 1.29 is 4.79 Å². The van der Waals surface area contributed by atoms with Crippen LogP contribution in [-0.2, 0) is 0 Å². The van der Waals surface area contributed by atoms with Gasteiger partial charge in [-0.05, 0) is 6.92 Å². The van der Waals surface area contributed by atoms with Crippen molar-refractivity contribution in [2.45, 2.75) is 6.92 Å². The van der Waals surface area contributed by atoms with Gasteiger partial charge in [0.05, 0.1) is 18.2 Å². The summed E-state index contributed by atoms with van der Waals surface area (Å²) >= 11 is 0. The van der Waals surface area contributed by atoms with Crippen molar-refractivity contribution in [3.05, 3.63) is 30.0 Å². The second-order valence-corrected chi connectivity index (χ2v) is 2.89. The summed E-state index contributed by atoms with van der Waals surface area (Å²) < 4.78 is 1.14. The molecule has 0 radical (unpaired) electrons. The normalized spacial score (nSPS) is 10.4. The molecule has 2 aromatic rings. The zero-order valence-corrected chi connectivity index (χ0v) is 7.56. The lowest BCUT2D eigenvalue weighted by Crippen LogP contribution is -2.16. The Labute approximate surface area is 79.8 Å². The highest BCUT2D eigenvalue weighted by Crippen LogP contribution is 2.07. The number of carbonyl (C=O) groups is 1. The number of imidazole rings is 1. The van der Waals surface area contributed by atoms with E-state index in [-0.39, 0.29) is 5.91 Å². The van der Waals surface area contributed by atoms with Gasteiger partial charge in [0.2, 0.25) is 0 Å². The van der Waals surface area contributed by atoms with Gasteiger partial charge in [-0.15, -0.1) is 0 Å². The summed E-state index contributed by atoms with van der Waals surface area (Å²) in [5, 5.41) is 3.96. The Balaban J connectivity index is 2.41. The van der Waals surface area contributed by atoms with E-state index in [0.717, 1.165) is 4.68 Å². The molecule has 0 aliphatic carbocycles. The predicted molar refractivity (Wildman–Crippen MR) is 49.7 cm³/mol. The number of nitrogens with one attached hydrogen (secondary N) is 1. The van der Waals surface area contributed by atoms with Crippen molar-refractivity contribution >= 4 is 11.7 Å². The molecule has 6 heteroatoms. The van der Waals surface area contributed by atoms with E-state index >= 15 is 0 Å². The molecule has 0 aromatic carbocycles. The number of nitrogen functional groups attached to an aromatic ring is 1. The van der Waals surface area contributed by atoms with E-state index in [2.05, 4.69) is 15.1 Å². The van der Waals surface area contributed by atoms with Crippen LogP contribution >= 0.6 is 0 Å². The first-order valence-electron chi connectivity index (χ1n) is 4.03. The fourth-order valence-corrected chi connectivity index (χ4v) is 1.17. The maximum atomic E-state index is 11.7. The van der Waals surface area contributed by atoms with Crippen molar-refractivity contribution in [2.75, 3.05) is 5.73 Å². The smallest absolute Gasteiger partial charge is 0.298 e. The van der Waals surface area contributed by atoms with Crippen LogP contribution in [0.4, 0.5) is 5.82 Å². The monoisotopic (exact) mass is 191 g/mol. The second kappa shape index (κ2) is 2.99. The van der Waals surface area contributed by atoms with Crippen molar-refractivity contribution in [3.8, 4) is 0 Å². The second-order valence-electron chi connectivity index (χ2n) is 2.89. The molecule has 0 spiro atoms. The van der Waals surface area contributed by atoms with Gasteiger partial charge in [0.1, 0.15) is 11.5 Å². The summed E-state index contributed by atoms with van der Waals surface area (Å²) in [4.78, 5) is 18.1. The third-order valence-corrected chi connectivity index (χ3v) is 1.78. The van der Waals surface area contributed by atoms with Crippen LogP contribution in [0.2, 0.25) is 0 Å². The minimum atomic E-state index is -0.312. The number of aromatic nitrogens is 4. The van der Waals surface area contributed by atoms with E-state index in [4.69, 9.17) is 5.73 Å². The molecule has 0 bridgehead atoms. The van der Waals surface area contributed by atoms with Crippen LogP contribution in [0.3, 0.4) is 0 Å². The molecule has 0 saturated heterocycles. The first-order chi connectivity index (χ1) is 6.68. The zero-order valence-electron chi connectivity index (χ0n) is 7.56. The highest BCUT2D eigenvalue weighted by Gasteiger charge is 2.13. The van der Waals surface area contributed by atoms with Crippen LogP contribution in [0.15, 0.2) is 18.6 Å². The Hall–Kier alpha value is -2.11. The van der Waals surface area contributed by atoms with Crippen LogP contribution < -0.4 is 5.73 Å². The fraction of sp³-hybridized carbons (Fsp3) is 0.125. The van der Waals surface area contributed by atoms with E-state index in [1.165, 1.54) is 12.5 Å². The van der Waals surface area contributed by atoms with Crippen molar-refractivity contribution in [2.24, 2.45) is 0 Å². The van der Waals surface area contributed by atoms with E-state index in [0.29, 0.717) is 17.2 Å². The number of anilines is 1. The van der Waals surface area contributed by atoms with Crippen molar-refractivity contribution in [3.63, 3.8) is 0 Å². The maximum Gasteiger partial charge on any atom is 0.298 e. The molecule has 72 valence electrons. The number of rotatable bonds is 1. The van der Waals surface area contributed by atoms with Gasteiger partial charge in [0, 0.05) is 6.07 Å². The lowest BCUT2D eigenvalue weighted by Gasteiger charge is -1.98. The fourth-order valence-electron chi connectivity index (χ4n) is 1.17. The first kappa shape index (κ1) is 8.49. The van der Waals surface area contributed by atoms with Crippen LogP contribution in [0.25, 0.3) is 0 Å². The third-order valence-electron chi connectivity index (χ3n) is 1.78. The summed E-state index contributed by atoms with van der Waals surface area (Å²) in [6, 6.07) is 1.63. The quantitative estimate of drug-likeness (QED) is 0.673. The van der Waals surface area contributed by atoms with E-state index < -0.39 is 0 Å². The van der Waals surface area contributed by atoms with Crippen LogP contribution in [0.5, 0.6) is 0 Å². The summed E-state index contributed by atoms with van der Waals surface area (Å²) in [7, 11) is 0. The molecule has 2 aromatic heterocycles. The molecule has 0 unspecified atom stereocenters. The Kier molecular flexibility index (Phi) is 1.81. The zero-order chi connectivity index (χ0) is 10.1. The molecule has 0 fully saturated rings. The Morgan fingerprint density at radius 3 is 2.93 bits per heavy atom. The van der Waals surface area contributed by atoms with E-state index in [1.807, 2.05) is 0 Å². The number of carbonyl (C=O) groups excluding carboxylic acids is 1. The first-order valence-corrected chi connectivity index (χ1v) is 4.03. The number of nitrogens with zero attached hydrogens (tertiary/aromatic N) is 3. The van der Waals surface area contributed by atoms with Gasteiger partial charge in [-0.1, -0.05) is 0 Å². The number of aryl methyl sites for hydroxylation is 1. The lowest BCUT2D eigenvalue weighted by molar-refractivity contribution is 0.0943. The molecule has 2 heterocycles. The minimum absolute atomic E-state index is 0.312. The van der Waals surface area contributed by atoms with Gasteiger partial charge in [-0.25, -0.2) is 4.98 Å². The van der Waals surface area contributed by atoms with Gasteiger partial charge in [-0.3, -0.25) is 4.79 Å². The molecule has 0 amide bonds. The Morgan fingerprint density at radius 1 is 1.64 bits per heavy atom. The van der Waals surface area contributed by atoms with Gasteiger partial charge in [0.15, 0.2) is 0 Å². The summed E-state index contributed by atoms with van der Waals surface area (Å²) in [5.74, 6) is 0.00944. The molecular weight excluding hydrogens is 182 g/mol. The van der Waals surface area contributed by atoms with Crippen molar-refractivity contribution in [1.82, 2.24) is 19.7 Å². The SMILES string of the molecule is Cc1cc(N)n(C(=O)c2cnc[nH]2)n1. The molecule has 0 saturated carbocycles. The summed E-state index contributed by atoms with van der Waals surface area (Å²) in [6.45, 7) is 1.77. The summed E-state index contributed by atoms with van der Waals surface area (Å²) in [6.07, 6.45) is 2.86. The van der Waals surface area contributed by atoms with E-state index in [9.17, 15) is 4.79 Å². The van der Waals surface area contributed by atoms with Gasteiger partial charge in [-0.2, -0.15) is 9.78 Å². The number of H-pyrrole nitrogens is 1. The Morgan fingerprint density at radius 2 is 2.43 bits per heavy atom. The van der Waals surface area contributed by atoms with Crippen molar-refractivity contribution in [1.29, 1.82) is 0 Å². The number of aromatic amines is 1. The molecular formula is C8H9N5O. The third kappa shape index (κ3) is 1.26. The Bertz CT molecular complexity index is 456. The van der Waals surface area contributed by atoms with Gasteiger partial charge in [0.25, 0.3) is 5.91 Å². The highest BCUT2D eigenvalue weighted by molar-refractivity contribution is 5.95. The molecule has 0 atom stereocenters. The average molecular weight is 191 g/mol. The maximum absolute atomic E-state index is 11.7. The van der Waals surface area contributed by atoms with Gasteiger partial charge >= 0.3 is 0 Å². The van der Waals surface area contributed by atoms with Crippen LogP contribution in [-0.4, -0.2) is 25.7 Å². The number of hydrogen-bond donors (Lipinski definition) is 2. The summed E-state index contributed by atoms with van der Waals surface area (Å²) in [5.41, 5.74) is 6.66. The molecule has 3 N–H and O–H groups in total. The average Bonchev–Trinajstić information content (AvgIpc) is 2.73. The minimum Gasteiger partial charge on any atom is -0.383 e. The molecule has 0 aliphatic heterocycles. The van der Waals surface area contributed by atoms with Gasteiger partial charge < -0.3 is 10.7 Å². The highest BCUT2D eigenvalue weighted by atomic mass is 16.2. The molecule has 6 nitrogen and oxygen atoms in total. The van der Waals surface area contributed by atoms with Crippen LogP contribution in [0, 0.1) is 6.92 Å². The lowest BCUT2D eigenvalue weighted by atomic mass is 10.4. The number of hydrogen-bond acceptors (Lipinski definition) is 4. The molecule has 0 aliphatic rings. The number of nitrogens with two attached hydrogens (primary N) is 1. The molecule has 2 rings (SSSR count). The molecule has 14 heavy (non-hydrogen) atoms.